The van der Waals surface area contributed by atoms with Crippen LogP contribution in [0.5, 0.6) is 0 Å². The molecule has 144 valence electrons. The number of nitrogens with zero attached hydrogens (tertiary/aromatic N) is 2. The molecule has 1 saturated heterocycles. The maximum Gasteiger partial charge on any atom is 0.251 e. The van der Waals surface area contributed by atoms with Crippen molar-refractivity contribution in [1.29, 1.82) is 0 Å². The second-order valence-corrected chi connectivity index (χ2v) is 8.52. The van der Waals surface area contributed by atoms with Crippen LogP contribution in [0.25, 0.3) is 0 Å². The number of carbonyl (C=O) groups is 2. The quantitative estimate of drug-likeness (QED) is 0.681. The van der Waals surface area contributed by atoms with Gasteiger partial charge in [0.05, 0.1) is 6.10 Å². The number of thiophene rings is 1. The highest BCUT2D eigenvalue weighted by Crippen LogP contribution is 2.34. The monoisotopic (exact) mass is 378 g/mol. The molecule has 1 aliphatic carbocycles. The zero-order chi connectivity index (χ0) is 18.5. The van der Waals surface area contributed by atoms with Gasteiger partial charge in [-0.2, -0.15) is 0 Å². The van der Waals surface area contributed by atoms with Crippen LogP contribution in [0.4, 0.5) is 0 Å². The van der Waals surface area contributed by atoms with Gasteiger partial charge in [0.15, 0.2) is 0 Å². The van der Waals surface area contributed by atoms with Gasteiger partial charge in [-0.05, 0) is 44.6 Å². The second kappa shape index (κ2) is 9.00. The number of piperazine rings is 1. The van der Waals surface area contributed by atoms with Crippen molar-refractivity contribution in [1.82, 2.24) is 9.80 Å². The van der Waals surface area contributed by atoms with Crippen molar-refractivity contribution >= 4 is 23.2 Å². The van der Waals surface area contributed by atoms with Crippen molar-refractivity contribution in [2.45, 2.75) is 70.6 Å². The summed E-state index contributed by atoms with van der Waals surface area (Å²) in [6, 6.07) is 3.70. The summed E-state index contributed by atoms with van der Waals surface area (Å²) in [4.78, 5) is 30.9. The van der Waals surface area contributed by atoms with E-state index in [0.29, 0.717) is 13.2 Å². The van der Waals surface area contributed by atoms with Crippen molar-refractivity contribution in [3.8, 4) is 0 Å². The summed E-state index contributed by atoms with van der Waals surface area (Å²) in [7, 11) is 0. The van der Waals surface area contributed by atoms with E-state index in [2.05, 4.69) is 0 Å². The molecule has 26 heavy (non-hydrogen) atoms. The molecular weight excluding hydrogens is 348 g/mol. The average molecular weight is 379 g/mol. The van der Waals surface area contributed by atoms with Gasteiger partial charge in [-0.1, -0.05) is 25.3 Å². The molecule has 2 aliphatic rings. The fraction of sp³-hybridized carbons (Fsp3) is 0.700. The molecule has 0 N–H and O–H groups in total. The zero-order valence-electron chi connectivity index (χ0n) is 15.9. The van der Waals surface area contributed by atoms with Gasteiger partial charge in [-0.25, -0.2) is 0 Å². The summed E-state index contributed by atoms with van der Waals surface area (Å²) in [6.07, 6.45) is 6.54. The minimum absolute atomic E-state index is 0.0677. The van der Waals surface area contributed by atoms with Crippen LogP contribution in [-0.2, 0) is 14.3 Å². The Morgan fingerprint density at radius 2 is 2.00 bits per heavy atom. The molecule has 1 aromatic heterocycles. The number of hydrogen-bond acceptors (Lipinski definition) is 4. The first-order valence-electron chi connectivity index (χ1n) is 9.83. The molecule has 0 radical (unpaired) electrons. The third kappa shape index (κ3) is 4.46. The van der Waals surface area contributed by atoms with Gasteiger partial charge in [0.1, 0.15) is 12.6 Å². The Morgan fingerprint density at radius 1 is 1.23 bits per heavy atom. The molecule has 0 spiro atoms. The van der Waals surface area contributed by atoms with Gasteiger partial charge in [-0.15, -0.1) is 11.3 Å². The normalized spacial score (nSPS) is 22.5. The lowest BCUT2D eigenvalue weighted by molar-refractivity contribution is -0.159. The third-order valence-corrected chi connectivity index (χ3v) is 6.20. The van der Waals surface area contributed by atoms with Crippen molar-refractivity contribution < 1.29 is 14.3 Å². The van der Waals surface area contributed by atoms with E-state index in [1.165, 1.54) is 6.42 Å². The maximum absolute atomic E-state index is 13.3. The average Bonchev–Trinajstić information content (AvgIpc) is 3.15. The Kier molecular flexibility index (Phi) is 6.70. The van der Waals surface area contributed by atoms with Crippen LogP contribution >= 0.6 is 11.3 Å². The molecule has 1 unspecified atom stereocenters. The molecule has 1 saturated carbocycles. The smallest absolute Gasteiger partial charge is 0.251 e. The first-order chi connectivity index (χ1) is 12.6. The number of hydrogen-bond donors (Lipinski definition) is 0. The summed E-state index contributed by atoms with van der Waals surface area (Å²) >= 11 is 1.56. The van der Waals surface area contributed by atoms with Gasteiger partial charge >= 0.3 is 0 Å². The van der Waals surface area contributed by atoms with Gasteiger partial charge in [0, 0.05) is 24.1 Å². The highest BCUT2D eigenvalue weighted by molar-refractivity contribution is 7.10. The molecular formula is C20H30N2O3S. The maximum atomic E-state index is 13.3. The van der Waals surface area contributed by atoms with Gasteiger partial charge < -0.3 is 14.5 Å². The molecule has 0 bridgehead atoms. The highest BCUT2D eigenvalue weighted by Gasteiger charge is 2.43. The van der Waals surface area contributed by atoms with E-state index in [1.54, 1.807) is 16.2 Å². The molecule has 5 nitrogen and oxygen atoms in total. The molecule has 3 rings (SSSR count). The Labute approximate surface area is 160 Å². The lowest BCUT2D eigenvalue weighted by Crippen LogP contribution is -2.58. The first kappa shape index (κ1) is 19.4. The van der Waals surface area contributed by atoms with E-state index in [9.17, 15) is 9.59 Å². The van der Waals surface area contributed by atoms with Crippen molar-refractivity contribution in [3.05, 3.63) is 22.4 Å². The van der Waals surface area contributed by atoms with Crippen LogP contribution in [0, 0.1) is 0 Å². The molecule has 0 aromatic carbocycles. The van der Waals surface area contributed by atoms with Crippen LogP contribution in [-0.4, -0.2) is 53.5 Å². The van der Waals surface area contributed by atoms with Crippen LogP contribution in [0.1, 0.15) is 63.3 Å². The lowest BCUT2D eigenvalue weighted by Gasteiger charge is -2.44. The van der Waals surface area contributed by atoms with Crippen molar-refractivity contribution in [2.24, 2.45) is 0 Å². The summed E-state index contributed by atoms with van der Waals surface area (Å²) in [5, 5.41) is 1.98. The largest absolute Gasteiger partial charge is 0.379 e. The van der Waals surface area contributed by atoms with Crippen molar-refractivity contribution in [2.75, 3.05) is 19.7 Å². The van der Waals surface area contributed by atoms with E-state index in [4.69, 9.17) is 4.74 Å². The highest BCUT2D eigenvalue weighted by atomic mass is 32.1. The fourth-order valence-corrected chi connectivity index (χ4v) is 4.81. The predicted molar refractivity (Wildman–Crippen MR) is 103 cm³/mol. The second-order valence-electron chi connectivity index (χ2n) is 7.54. The van der Waals surface area contributed by atoms with Crippen molar-refractivity contribution in [3.63, 3.8) is 0 Å². The van der Waals surface area contributed by atoms with E-state index >= 15 is 0 Å². The fourth-order valence-electron chi connectivity index (χ4n) is 3.98. The number of amides is 2. The Morgan fingerprint density at radius 3 is 2.65 bits per heavy atom. The molecule has 2 fully saturated rings. The van der Waals surface area contributed by atoms with Gasteiger partial charge in [-0.3, -0.25) is 9.59 Å². The van der Waals surface area contributed by atoms with Crippen LogP contribution in [0.15, 0.2) is 17.5 Å². The molecule has 2 heterocycles. The Balaban J connectivity index is 1.74. The van der Waals surface area contributed by atoms with Gasteiger partial charge in [0.2, 0.25) is 5.91 Å². The number of ether oxygens (including phenoxy) is 1. The van der Waals surface area contributed by atoms with E-state index < -0.39 is 6.04 Å². The SMILES string of the molecule is CC(C)OCCCN1C(=O)CN(C2CCCCC2)C(=O)C1c1cccs1. The summed E-state index contributed by atoms with van der Waals surface area (Å²) in [5.41, 5.74) is 0. The molecule has 2 amide bonds. The molecule has 1 aliphatic heterocycles. The third-order valence-electron chi connectivity index (χ3n) is 5.28. The van der Waals surface area contributed by atoms with E-state index in [1.807, 2.05) is 36.3 Å². The Hall–Kier alpha value is -1.40. The lowest BCUT2D eigenvalue weighted by atomic mass is 9.92. The minimum atomic E-state index is -0.461. The number of carbonyl (C=O) groups excluding carboxylic acids is 2. The molecule has 1 atom stereocenters. The summed E-state index contributed by atoms with van der Waals surface area (Å²) in [5.74, 6) is 0.168. The summed E-state index contributed by atoms with van der Waals surface area (Å²) in [6.45, 7) is 5.42. The number of rotatable bonds is 7. The predicted octanol–water partition coefficient (Wildman–Crippen LogP) is 3.61. The van der Waals surface area contributed by atoms with Crippen LogP contribution in [0.3, 0.4) is 0 Å². The van der Waals surface area contributed by atoms with Gasteiger partial charge in [0.25, 0.3) is 5.91 Å². The van der Waals surface area contributed by atoms with Crippen LogP contribution in [0.2, 0.25) is 0 Å². The zero-order valence-corrected chi connectivity index (χ0v) is 16.7. The topological polar surface area (TPSA) is 49.9 Å². The van der Waals surface area contributed by atoms with E-state index in [0.717, 1.165) is 37.0 Å². The first-order valence-corrected chi connectivity index (χ1v) is 10.7. The minimum Gasteiger partial charge on any atom is -0.379 e. The van der Waals surface area contributed by atoms with Crippen LogP contribution < -0.4 is 0 Å². The van der Waals surface area contributed by atoms with E-state index in [-0.39, 0.29) is 30.5 Å². The standard InChI is InChI=1S/C20H30N2O3S/c1-15(2)25-12-7-11-21-18(23)14-22(16-8-4-3-5-9-16)20(24)19(21)17-10-6-13-26-17/h6,10,13,15-16,19H,3-5,7-9,11-12,14H2,1-2H3. The Bertz CT molecular complexity index is 596. The summed E-state index contributed by atoms with van der Waals surface area (Å²) < 4.78 is 5.61. The molecule has 6 heteroatoms. The molecule has 1 aromatic rings.